The van der Waals surface area contributed by atoms with Crippen LogP contribution in [0, 0.1) is 0 Å². The Bertz CT molecular complexity index is 2050. The Hall–Kier alpha value is -5.60. The minimum Gasteiger partial charge on any atom is -0.228 e. The lowest BCUT2D eigenvalue weighted by Crippen LogP contribution is -2.30. The second-order valence-corrected chi connectivity index (χ2v) is 12.9. The number of aromatic nitrogens is 2. The van der Waals surface area contributed by atoms with Crippen molar-refractivity contribution in [3.63, 3.8) is 0 Å². The molecule has 0 amide bonds. The molecule has 1 fully saturated rings. The van der Waals surface area contributed by atoms with E-state index in [1.54, 1.807) is 0 Å². The highest BCUT2D eigenvalue weighted by atomic mass is 14.9. The predicted molar refractivity (Wildman–Crippen MR) is 200 cm³/mol. The van der Waals surface area contributed by atoms with Crippen LogP contribution in [0.2, 0.25) is 0 Å². The topological polar surface area (TPSA) is 25.8 Å². The van der Waals surface area contributed by atoms with E-state index in [2.05, 4.69) is 146 Å². The van der Waals surface area contributed by atoms with Crippen LogP contribution in [0.25, 0.3) is 56.2 Å². The van der Waals surface area contributed by atoms with Crippen molar-refractivity contribution in [1.82, 2.24) is 9.97 Å². The van der Waals surface area contributed by atoms with Gasteiger partial charge in [0.1, 0.15) is 0 Å². The van der Waals surface area contributed by atoms with E-state index in [0.717, 1.165) is 33.9 Å². The van der Waals surface area contributed by atoms with Gasteiger partial charge in [-0.3, -0.25) is 0 Å². The Morgan fingerprint density at radius 2 is 0.750 bits per heavy atom. The first-order valence-corrected chi connectivity index (χ1v) is 17.1. The van der Waals surface area contributed by atoms with Crippen LogP contribution >= 0.6 is 0 Å². The van der Waals surface area contributed by atoms with E-state index in [4.69, 9.17) is 9.97 Å². The zero-order valence-electron chi connectivity index (χ0n) is 27.1. The average Bonchev–Trinajstić information content (AvgIpc) is 3.19. The lowest BCUT2D eigenvalue weighted by molar-refractivity contribution is 0.346. The summed E-state index contributed by atoms with van der Waals surface area (Å²) in [4.78, 5) is 10.0. The van der Waals surface area contributed by atoms with Gasteiger partial charge >= 0.3 is 0 Å². The molecule has 232 valence electrons. The molecule has 0 aliphatic heterocycles. The van der Waals surface area contributed by atoms with E-state index in [1.807, 2.05) is 24.3 Å². The monoisotopic (exact) mass is 618 g/mol. The van der Waals surface area contributed by atoms with Gasteiger partial charge in [-0.1, -0.05) is 177 Å². The van der Waals surface area contributed by atoms with Crippen LogP contribution < -0.4 is 0 Å². The molecule has 0 unspecified atom stereocenters. The summed E-state index contributed by atoms with van der Waals surface area (Å²) in [6.07, 6.45) is 6.12. The Morgan fingerprint density at radius 1 is 0.333 bits per heavy atom. The summed E-state index contributed by atoms with van der Waals surface area (Å²) in [5.41, 5.74) is 12.9. The number of nitrogens with zero attached hydrogens (tertiary/aromatic N) is 2. The van der Waals surface area contributed by atoms with Crippen molar-refractivity contribution in [2.24, 2.45) is 0 Å². The van der Waals surface area contributed by atoms with Crippen molar-refractivity contribution in [3.8, 4) is 56.2 Å². The molecular weight excluding hydrogens is 581 g/mol. The fraction of sp³-hybridized carbons (Fsp3) is 0.130. The molecule has 0 bridgehead atoms. The maximum absolute atomic E-state index is 5.07. The second-order valence-electron chi connectivity index (χ2n) is 12.9. The van der Waals surface area contributed by atoms with Gasteiger partial charge in [-0.25, -0.2) is 9.97 Å². The SMILES string of the molecule is c1ccc(-c2cccc(-c3ccc(C4(c5ccc(-c6cc(-c7ccccc7)nc(-c7ccccc7)n6)cc5)CCCCC4)cc3)c2)cc1. The Kier molecular flexibility index (Phi) is 8.22. The van der Waals surface area contributed by atoms with Gasteiger partial charge < -0.3 is 0 Å². The largest absolute Gasteiger partial charge is 0.228 e. The minimum absolute atomic E-state index is 0.0112. The zero-order valence-corrected chi connectivity index (χ0v) is 27.1. The van der Waals surface area contributed by atoms with Gasteiger partial charge in [0, 0.05) is 22.1 Å². The summed E-state index contributed by atoms with van der Waals surface area (Å²) in [7, 11) is 0. The van der Waals surface area contributed by atoms with Crippen LogP contribution in [0.3, 0.4) is 0 Å². The minimum atomic E-state index is 0.0112. The molecule has 6 aromatic carbocycles. The molecule has 1 aromatic heterocycles. The highest BCUT2D eigenvalue weighted by Gasteiger charge is 2.35. The average molecular weight is 619 g/mol. The van der Waals surface area contributed by atoms with Crippen molar-refractivity contribution in [3.05, 3.63) is 181 Å². The third-order valence-corrected chi connectivity index (χ3v) is 10.0. The summed E-state index contributed by atoms with van der Waals surface area (Å²) in [6, 6.07) is 60.9. The number of hydrogen-bond donors (Lipinski definition) is 0. The quantitative estimate of drug-likeness (QED) is 0.178. The number of hydrogen-bond acceptors (Lipinski definition) is 2. The molecule has 0 radical (unpaired) electrons. The first kappa shape index (κ1) is 29.8. The van der Waals surface area contributed by atoms with Gasteiger partial charge in [-0.2, -0.15) is 0 Å². The third-order valence-electron chi connectivity index (χ3n) is 10.0. The molecule has 0 atom stereocenters. The van der Waals surface area contributed by atoms with Gasteiger partial charge in [0.15, 0.2) is 5.82 Å². The van der Waals surface area contributed by atoms with E-state index in [-0.39, 0.29) is 5.41 Å². The summed E-state index contributed by atoms with van der Waals surface area (Å²) in [6.45, 7) is 0. The molecule has 0 N–H and O–H groups in total. The molecular formula is C46H38N2. The predicted octanol–water partition coefficient (Wildman–Crippen LogP) is 12.1. The maximum Gasteiger partial charge on any atom is 0.160 e. The molecule has 1 aliphatic carbocycles. The fourth-order valence-electron chi connectivity index (χ4n) is 7.42. The fourth-order valence-corrected chi connectivity index (χ4v) is 7.42. The summed E-state index contributed by atoms with van der Waals surface area (Å²) in [5.74, 6) is 0.745. The molecule has 1 heterocycles. The lowest BCUT2D eigenvalue weighted by atomic mass is 9.65. The number of benzene rings is 6. The van der Waals surface area contributed by atoms with Gasteiger partial charge in [-0.15, -0.1) is 0 Å². The van der Waals surface area contributed by atoms with Gasteiger partial charge in [0.25, 0.3) is 0 Å². The van der Waals surface area contributed by atoms with Gasteiger partial charge in [0.2, 0.25) is 0 Å². The molecule has 7 aromatic rings. The van der Waals surface area contributed by atoms with Crippen LogP contribution in [0.15, 0.2) is 170 Å². The number of rotatable bonds is 7. The molecule has 1 aliphatic rings. The van der Waals surface area contributed by atoms with E-state index < -0.39 is 0 Å². The van der Waals surface area contributed by atoms with Gasteiger partial charge in [0.05, 0.1) is 11.4 Å². The van der Waals surface area contributed by atoms with Crippen LogP contribution in [-0.2, 0) is 5.41 Å². The van der Waals surface area contributed by atoms with Crippen LogP contribution in [-0.4, -0.2) is 9.97 Å². The van der Waals surface area contributed by atoms with E-state index >= 15 is 0 Å². The molecule has 8 rings (SSSR count). The van der Waals surface area contributed by atoms with Crippen molar-refractivity contribution in [2.75, 3.05) is 0 Å². The Balaban J connectivity index is 1.13. The molecule has 0 saturated heterocycles. The molecule has 2 nitrogen and oxygen atoms in total. The van der Waals surface area contributed by atoms with Gasteiger partial charge in [-0.05, 0) is 58.4 Å². The van der Waals surface area contributed by atoms with Crippen molar-refractivity contribution < 1.29 is 0 Å². The Morgan fingerprint density at radius 3 is 1.29 bits per heavy atom. The summed E-state index contributed by atoms with van der Waals surface area (Å²) in [5, 5.41) is 0. The second kappa shape index (κ2) is 13.3. The van der Waals surface area contributed by atoms with Crippen LogP contribution in [0.1, 0.15) is 43.2 Å². The summed E-state index contributed by atoms with van der Waals surface area (Å²) >= 11 is 0. The first-order chi connectivity index (χ1) is 23.7. The molecule has 2 heteroatoms. The smallest absolute Gasteiger partial charge is 0.160 e. The first-order valence-electron chi connectivity index (χ1n) is 17.1. The highest BCUT2D eigenvalue weighted by Crippen LogP contribution is 2.46. The standard InChI is InChI=1S/C46H38N2/c1-5-14-34(15-6-1)39-20-13-21-40(32-39)35-22-26-41(27-23-35)46(30-11-4-12-31-46)42-28-24-37(25-29-42)44-33-43(36-16-7-2-8-17-36)47-45(48-44)38-18-9-3-10-19-38/h1-3,5-10,13-29,32-33H,4,11-12,30-31H2. The van der Waals surface area contributed by atoms with Crippen molar-refractivity contribution in [2.45, 2.75) is 37.5 Å². The maximum atomic E-state index is 5.07. The molecule has 48 heavy (non-hydrogen) atoms. The molecule has 0 spiro atoms. The normalized spacial score (nSPS) is 14.0. The highest BCUT2D eigenvalue weighted by molar-refractivity contribution is 5.74. The third kappa shape index (κ3) is 5.98. The zero-order chi connectivity index (χ0) is 32.2. The summed E-state index contributed by atoms with van der Waals surface area (Å²) < 4.78 is 0. The van der Waals surface area contributed by atoms with Crippen LogP contribution in [0.5, 0.6) is 0 Å². The van der Waals surface area contributed by atoms with E-state index in [9.17, 15) is 0 Å². The van der Waals surface area contributed by atoms with Crippen LogP contribution in [0.4, 0.5) is 0 Å². The molecule has 1 saturated carbocycles. The van der Waals surface area contributed by atoms with Crippen molar-refractivity contribution >= 4 is 0 Å². The van der Waals surface area contributed by atoms with E-state index in [0.29, 0.717) is 0 Å². The lowest BCUT2D eigenvalue weighted by Gasteiger charge is -2.39. The van der Waals surface area contributed by atoms with E-state index in [1.165, 1.54) is 65.5 Å². The Labute approximate surface area is 283 Å². The van der Waals surface area contributed by atoms with Crippen molar-refractivity contribution in [1.29, 1.82) is 0 Å².